The standard InChI is InChI=1S/C13H18F2N2O/c1-17-4-5-18-13(8-17)12(16)7-9-6-10(14)2-3-11(9)15/h2-3,6,12-13H,4-5,7-8,16H2,1H3. The molecule has 0 aromatic heterocycles. The third kappa shape index (κ3) is 3.25. The lowest BCUT2D eigenvalue weighted by atomic mass is 10.0. The van der Waals surface area contributed by atoms with Gasteiger partial charge in [-0.1, -0.05) is 0 Å². The summed E-state index contributed by atoms with van der Waals surface area (Å²) >= 11 is 0. The van der Waals surface area contributed by atoms with Crippen molar-refractivity contribution in [1.82, 2.24) is 4.90 Å². The van der Waals surface area contributed by atoms with E-state index in [9.17, 15) is 8.78 Å². The van der Waals surface area contributed by atoms with E-state index in [0.717, 1.165) is 25.2 Å². The van der Waals surface area contributed by atoms with Crippen LogP contribution in [0.5, 0.6) is 0 Å². The van der Waals surface area contributed by atoms with E-state index in [0.29, 0.717) is 12.2 Å². The van der Waals surface area contributed by atoms with Gasteiger partial charge in [0.15, 0.2) is 0 Å². The van der Waals surface area contributed by atoms with Gasteiger partial charge < -0.3 is 15.4 Å². The zero-order valence-corrected chi connectivity index (χ0v) is 10.4. The lowest BCUT2D eigenvalue weighted by Gasteiger charge is -2.33. The van der Waals surface area contributed by atoms with Gasteiger partial charge in [-0.2, -0.15) is 0 Å². The average molecular weight is 256 g/mol. The SMILES string of the molecule is CN1CCOC(C(N)Cc2cc(F)ccc2F)C1. The van der Waals surface area contributed by atoms with Crippen LogP contribution in [-0.4, -0.2) is 43.8 Å². The van der Waals surface area contributed by atoms with Crippen LogP contribution in [-0.2, 0) is 11.2 Å². The summed E-state index contributed by atoms with van der Waals surface area (Å²) in [7, 11) is 1.99. The molecule has 2 N–H and O–H groups in total. The molecule has 5 heteroatoms. The number of benzene rings is 1. The molecular formula is C13H18F2N2O. The van der Waals surface area contributed by atoms with E-state index >= 15 is 0 Å². The number of ether oxygens (including phenoxy) is 1. The van der Waals surface area contributed by atoms with Crippen LogP contribution in [0.15, 0.2) is 18.2 Å². The van der Waals surface area contributed by atoms with Gasteiger partial charge in [0.25, 0.3) is 0 Å². The van der Waals surface area contributed by atoms with Crippen molar-refractivity contribution in [2.45, 2.75) is 18.6 Å². The number of halogens is 2. The van der Waals surface area contributed by atoms with Gasteiger partial charge in [-0.05, 0) is 37.2 Å². The molecule has 1 aromatic carbocycles. The number of likely N-dealkylation sites (N-methyl/N-ethyl adjacent to an activating group) is 1. The van der Waals surface area contributed by atoms with Gasteiger partial charge in [-0.15, -0.1) is 0 Å². The summed E-state index contributed by atoms with van der Waals surface area (Å²) in [5.74, 6) is -0.865. The van der Waals surface area contributed by atoms with Crippen molar-refractivity contribution in [2.75, 3.05) is 26.7 Å². The van der Waals surface area contributed by atoms with Crippen LogP contribution in [0.1, 0.15) is 5.56 Å². The molecule has 100 valence electrons. The summed E-state index contributed by atoms with van der Waals surface area (Å²) in [6, 6.07) is 3.10. The molecule has 2 rings (SSSR count). The van der Waals surface area contributed by atoms with E-state index in [1.54, 1.807) is 0 Å². The molecule has 0 radical (unpaired) electrons. The highest BCUT2D eigenvalue weighted by Crippen LogP contribution is 2.15. The number of nitrogens with two attached hydrogens (primary N) is 1. The van der Waals surface area contributed by atoms with E-state index in [-0.39, 0.29) is 18.6 Å². The topological polar surface area (TPSA) is 38.5 Å². The Morgan fingerprint density at radius 2 is 2.28 bits per heavy atom. The number of hydrogen-bond acceptors (Lipinski definition) is 3. The minimum Gasteiger partial charge on any atom is -0.374 e. The molecule has 1 aliphatic heterocycles. The molecule has 2 unspecified atom stereocenters. The fraction of sp³-hybridized carbons (Fsp3) is 0.538. The van der Waals surface area contributed by atoms with Crippen LogP contribution in [0, 0.1) is 11.6 Å². The van der Waals surface area contributed by atoms with Crippen LogP contribution < -0.4 is 5.73 Å². The quantitative estimate of drug-likeness (QED) is 0.882. The molecule has 0 amide bonds. The predicted molar refractivity (Wildman–Crippen MR) is 65.3 cm³/mol. The van der Waals surface area contributed by atoms with Crippen molar-refractivity contribution in [3.8, 4) is 0 Å². The van der Waals surface area contributed by atoms with Gasteiger partial charge in [0.1, 0.15) is 11.6 Å². The Hall–Kier alpha value is -1.04. The molecular weight excluding hydrogens is 238 g/mol. The molecule has 1 heterocycles. The second-order valence-corrected chi connectivity index (χ2v) is 4.78. The fourth-order valence-corrected chi connectivity index (χ4v) is 2.16. The van der Waals surface area contributed by atoms with Gasteiger partial charge in [0.2, 0.25) is 0 Å². The summed E-state index contributed by atoms with van der Waals surface area (Å²) in [6.07, 6.45) is 0.147. The average Bonchev–Trinajstić information content (AvgIpc) is 2.34. The van der Waals surface area contributed by atoms with Crippen LogP contribution >= 0.6 is 0 Å². The maximum absolute atomic E-state index is 13.5. The zero-order chi connectivity index (χ0) is 13.1. The Morgan fingerprint density at radius 1 is 1.50 bits per heavy atom. The summed E-state index contributed by atoms with van der Waals surface area (Å²) in [5.41, 5.74) is 6.33. The van der Waals surface area contributed by atoms with Crippen molar-refractivity contribution in [2.24, 2.45) is 5.73 Å². The first-order chi connectivity index (χ1) is 8.56. The molecule has 0 aliphatic carbocycles. The highest BCUT2D eigenvalue weighted by atomic mass is 19.1. The fourth-order valence-electron chi connectivity index (χ4n) is 2.16. The van der Waals surface area contributed by atoms with Crippen molar-refractivity contribution in [3.05, 3.63) is 35.4 Å². The van der Waals surface area contributed by atoms with Crippen molar-refractivity contribution in [3.63, 3.8) is 0 Å². The summed E-state index contributed by atoms with van der Waals surface area (Å²) in [4.78, 5) is 2.12. The van der Waals surface area contributed by atoms with Gasteiger partial charge >= 0.3 is 0 Å². The molecule has 1 saturated heterocycles. The normalized spacial score (nSPS) is 23.0. The summed E-state index contributed by atoms with van der Waals surface area (Å²) < 4.78 is 32.1. The second kappa shape index (κ2) is 5.73. The van der Waals surface area contributed by atoms with Gasteiger partial charge in [0, 0.05) is 19.1 Å². The first-order valence-corrected chi connectivity index (χ1v) is 6.06. The minimum atomic E-state index is -0.444. The molecule has 3 nitrogen and oxygen atoms in total. The minimum absolute atomic E-state index is 0.133. The van der Waals surface area contributed by atoms with Crippen LogP contribution in [0.3, 0.4) is 0 Å². The summed E-state index contributed by atoms with van der Waals surface area (Å²) in [6.45, 7) is 2.22. The van der Waals surface area contributed by atoms with Gasteiger partial charge in [-0.25, -0.2) is 8.78 Å². The monoisotopic (exact) mass is 256 g/mol. The van der Waals surface area contributed by atoms with Crippen molar-refractivity contribution < 1.29 is 13.5 Å². The molecule has 0 spiro atoms. The molecule has 1 fully saturated rings. The van der Waals surface area contributed by atoms with Crippen LogP contribution in [0.4, 0.5) is 8.78 Å². The predicted octanol–water partition coefficient (Wildman–Crippen LogP) is 1.17. The highest BCUT2D eigenvalue weighted by molar-refractivity contribution is 5.20. The molecule has 0 saturated carbocycles. The Balaban J connectivity index is 2.01. The third-order valence-corrected chi connectivity index (χ3v) is 3.24. The maximum Gasteiger partial charge on any atom is 0.126 e. The number of morpholine rings is 1. The van der Waals surface area contributed by atoms with Crippen molar-refractivity contribution in [1.29, 1.82) is 0 Å². The van der Waals surface area contributed by atoms with E-state index in [2.05, 4.69) is 4.90 Å². The van der Waals surface area contributed by atoms with Crippen molar-refractivity contribution >= 4 is 0 Å². The molecule has 18 heavy (non-hydrogen) atoms. The maximum atomic E-state index is 13.5. The Morgan fingerprint density at radius 3 is 3.00 bits per heavy atom. The lowest BCUT2D eigenvalue weighted by Crippen LogP contribution is -2.50. The summed E-state index contributed by atoms with van der Waals surface area (Å²) in [5, 5.41) is 0. The van der Waals surface area contributed by atoms with Crippen LogP contribution in [0.25, 0.3) is 0 Å². The molecule has 1 aliphatic rings. The first kappa shape index (κ1) is 13.4. The smallest absolute Gasteiger partial charge is 0.126 e. The third-order valence-electron chi connectivity index (χ3n) is 3.24. The Bertz CT molecular complexity index is 414. The van der Waals surface area contributed by atoms with Crippen LogP contribution in [0.2, 0.25) is 0 Å². The zero-order valence-electron chi connectivity index (χ0n) is 10.4. The molecule has 2 atom stereocenters. The highest BCUT2D eigenvalue weighted by Gasteiger charge is 2.25. The molecule has 1 aromatic rings. The van der Waals surface area contributed by atoms with Gasteiger partial charge in [-0.3, -0.25) is 0 Å². The number of hydrogen-bond donors (Lipinski definition) is 1. The van der Waals surface area contributed by atoms with E-state index < -0.39 is 11.6 Å². The lowest BCUT2D eigenvalue weighted by molar-refractivity contribution is -0.0320. The van der Waals surface area contributed by atoms with E-state index in [4.69, 9.17) is 10.5 Å². The van der Waals surface area contributed by atoms with E-state index in [1.807, 2.05) is 7.05 Å². The number of nitrogens with zero attached hydrogens (tertiary/aromatic N) is 1. The largest absolute Gasteiger partial charge is 0.374 e. The molecule has 0 bridgehead atoms. The second-order valence-electron chi connectivity index (χ2n) is 4.78. The van der Waals surface area contributed by atoms with Gasteiger partial charge in [0.05, 0.1) is 12.7 Å². The first-order valence-electron chi connectivity index (χ1n) is 6.06. The van der Waals surface area contributed by atoms with E-state index in [1.165, 1.54) is 6.07 Å². The Kier molecular flexibility index (Phi) is 4.27. The Labute approximate surface area is 106 Å². The number of rotatable bonds is 3.